The Balaban J connectivity index is 2.38. The van der Waals surface area contributed by atoms with Gasteiger partial charge < -0.3 is 20.5 Å². The molecule has 1 aromatic rings. The molecular weight excluding hydrogens is 208 g/mol. The predicted molar refractivity (Wildman–Crippen MR) is 62.7 cm³/mol. The third kappa shape index (κ3) is 4.41. The van der Waals surface area contributed by atoms with Crippen LogP contribution in [0.4, 0.5) is 11.8 Å². The molecule has 16 heavy (non-hydrogen) atoms. The van der Waals surface area contributed by atoms with E-state index < -0.39 is 0 Å². The van der Waals surface area contributed by atoms with E-state index in [1.54, 1.807) is 7.05 Å². The first-order valence-electron chi connectivity index (χ1n) is 5.22. The molecule has 0 fully saturated rings. The van der Waals surface area contributed by atoms with E-state index in [4.69, 9.17) is 9.84 Å². The first-order chi connectivity index (χ1) is 7.76. The van der Waals surface area contributed by atoms with E-state index in [1.165, 1.54) is 0 Å². The van der Waals surface area contributed by atoms with E-state index in [1.807, 2.05) is 13.0 Å². The number of nitrogens with zero attached hydrogens (tertiary/aromatic N) is 2. The minimum Gasteiger partial charge on any atom is -0.394 e. The summed E-state index contributed by atoms with van der Waals surface area (Å²) in [7, 11) is 1.78. The topological polar surface area (TPSA) is 79.3 Å². The maximum atomic E-state index is 8.51. The maximum Gasteiger partial charge on any atom is 0.224 e. The quantitative estimate of drug-likeness (QED) is 0.578. The highest BCUT2D eigenvalue weighted by Crippen LogP contribution is 2.08. The van der Waals surface area contributed by atoms with E-state index in [9.17, 15) is 0 Å². The Morgan fingerprint density at radius 2 is 2.19 bits per heavy atom. The molecule has 1 rings (SSSR count). The van der Waals surface area contributed by atoms with Crippen molar-refractivity contribution >= 4 is 11.8 Å². The van der Waals surface area contributed by atoms with Crippen molar-refractivity contribution in [2.45, 2.75) is 6.92 Å². The van der Waals surface area contributed by atoms with Crippen LogP contribution in [0.1, 0.15) is 5.69 Å². The van der Waals surface area contributed by atoms with E-state index >= 15 is 0 Å². The van der Waals surface area contributed by atoms with Gasteiger partial charge in [-0.05, 0) is 6.92 Å². The summed E-state index contributed by atoms with van der Waals surface area (Å²) in [5.41, 5.74) is 0.901. The molecule has 1 aromatic heterocycles. The SMILES string of the molecule is CNc1nc(C)cc(NCCOCCO)n1. The molecular formula is C10H18N4O2. The average Bonchev–Trinajstić information content (AvgIpc) is 2.28. The van der Waals surface area contributed by atoms with Gasteiger partial charge in [0.15, 0.2) is 0 Å². The van der Waals surface area contributed by atoms with Crippen molar-refractivity contribution < 1.29 is 9.84 Å². The van der Waals surface area contributed by atoms with Gasteiger partial charge in [-0.1, -0.05) is 0 Å². The second kappa shape index (κ2) is 6.97. The van der Waals surface area contributed by atoms with Gasteiger partial charge in [-0.3, -0.25) is 0 Å². The van der Waals surface area contributed by atoms with E-state index in [-0.39, 0.29) is 6.61 Å². The Morgan fingerprint density at radius 1 is 1.38 bits per heavy atom. The number of aryl methyl sites for hydroxylation is 1. The molecule has 0 atom stereocenters. The van der Waals surface area contributed by atoms with Crippen molar-refractivity contribution in [2.24, 2.45) is 0 Å². The van der Waals surface area contributed by atoms with Gasteiger partial charge in [-0.2, -0.15) is 4.98 Å². The third-order valence-corrected chi connectivity index (χ3v) is 1.87. The number of aromatic nitrogens is 2. The van der Waals surface area contributed by atoms with Crippen molar-refractivity contribution in [2.75, 3.05) is 44.0 Å². The van der Waals surface area contributed by atoms with E-state index in [0.717, 1.165) is 11.5 Å². The van der Waals surface area contributed by atoms with Crippen molar-refractivity contribution in [3.63, 3.8) is 0 Å². The minimum atomic E-state index is 0.0521. The minimum absolute atomic E-state index is 0.0521. The van der Waals surface area contributed by atoms with E-state index in [2.05, 4.69) is 20.6 Å². The van der Waals surface area contributed by atoms with Crippen LogP contribution in [-0.4, -0.2) is 48.5 Å². The molecule has 1 heterocycles. The van der Waals surface area contributed by atoms with Crippen LogP contribution in [0.2, 0.25) is 0 Å². The molecule has 6 heteroatoms. The zero-order valence-corrected chi connectivity index (χ0v) is 9.66. The van der Waals surface area contributed by atoms with Crippen LogP contribution in [0, 0.1) is 6.92 Å². The van der Waals surface area contributed by atoms with Crippen LogP contribution >= 0.6 is 0 Å². The first kappa shape index (κ1) is 12.7. The third-order valence-electron chi connectivity index (χ3n) is 1.87. The average molecular weight is 226 g/mol. The van der Waals surface area contributed by atoms with Crippen LogP contribution in [0.5, 0.6) is 0 Å². The first-order valence-corrected chi connectivity index (χ1v) is 5.22. The molecule has 0 aliphatic carbocycles. The Kier molecular flexibility index (Phi) is 5.52. The fourth-order valence-electron chi connectivity index (χ4n) is 1.19. The molecule has 0 amide bonds. The summed E-state index contributed by atoms with van der Waals surface area (Å²) < 4.78 is 5.12. The number of aliphatic hydroxyl groups is 1. The largest absolute Gasteiger partial charge is 0.394 e. The van der Waals surface area contributed by atoms with Crippen LogP contribution in [-0.2, 0) is 4.74 Å². The van der Waals surface area contributed by atoms with Crippen molar-refractivity contribution in [1.82, 2.24) is 9.97 Å². The summed E-state index contributed by atoms with van der Waals surface area (Å²) in [6.07, 6.45) is 0. The molecule has 0 bridgehead atoms. The molecule has 0 aliphatic heterocycles. The summed E-state index contributed by atoms with van der Waals surface area (Å²) in [6, 6.07) is 1.87. The molecule has 3 N–H and O–H groups in total. The van der Waals surface area contributed by atoms with Gasteiger partial charge in [-0.15, -0.1) is 0 Å². The predicted octanol–water partition coefficient (Wildman–Crippen LogP) is 0.248. The van der Waals surface area contributed by atoms with Crippen LogP contribution in [0.25, 0.3) is 0 Å². The van der Waals surface area contributed by atoms with Gasteiger partial charge in [0.25, 0.3) is 0 Å². The highest BCUT2D eigenvalue weighted by molar-refractivity contribution is 5.41. The number of anilines is 2. The molecule has 0 aromatic carbocycles. The number of rotatable bonds is 7. The Bertz CT molecular complexity index is 320. The van der Waals surface area contributed by atoms with Gasteiger partial charge in [0.1, 0.15) is 5.82 Å². The second-order valence-electron chi connectivity index (χ2n) is 3.23. The summed E-state index contributed by atoms with van der Waals surface area (Å²) in [5, 5.41) is 14.5. The van der Waals surface area contributed by atoms with Gasteiger partial charge in [0.05, 0.1) is 19.8 Å². The van der Waals surface area contributed by atoms with E-state index in [0.29, 0.717) is 25.7 Å². The van der Waals surface area contributed by atoms with Crippen LogP contribution < -0.4 is 10.6 Å². The second-order valence-corrected chi connectivity index (χ2v) is 3.23. The number of hydrogen-bond donors (Lipinski definition) is 3. The normalized spacial score (nSPS) is 10.2. The number of hydrogen-bond acceptors (Lipinski definition) is 6. The van der Waals surface area contributed by atoms with Crippen molar-refractivity contribution in [3.05, 3.63) is 11.8 Å². The lowest BCUT2D eigenvalue weighted by molar-refractivity contribution is 0.0992. The molecule has 6 nitrogen and oxygen atoms in total. The van der Waals surface area contributed by atoms with Crippen LogP contribution in [0.3, 0.4) is 0 Å². The molecule has 0 aliphatic rings. The Labute approximate surface area is 95.1 Å². The van der Waals surface area contributed by atoms with Gasteiger partial charge >= 0.3 is 0 Å². The lowest BCUT2D eigenvalue weighted by Gasteiger charge is -2.08. The highest BCUT2D eigenvalue weighted by atomic mass is 16.5. The number of nitrogens with one attached hydrogen (secondary N) is 2. The molecule has 0 saturated heterocycles. The fourth-order valence-corrected chi connectivity index (χ4v) is 1.19. The highest BCUT2D eigenvalue weighted by Gasteiger charge is 1.99. The Hall–Kier alpha value is -1.40. The van der Waals surface area contributed by atoms with Gasteiger partial charge in [0, 0.05) is 25.4 Å². The Morgan fingerprint density at radius 3 is 2.88 bits per heavy atom. The zero-order valence-electron chi connectivity index (χ0n) is 9.66. The summed E-state index contributed by atoms with van der Waals surface area (Å²) in [5.74, 6) is 1.36. The molecule has 0 spiro atoms. The van der Waals surface area contributed by atoms with Gasteiger partial charge in [-0.25, -0.2) is 4.98 Å². The standard InChI is InChI=1S/C10H18N4O2/c1-8-7-9(14-10(11-2)13-8)12-3-5-16-6-4-15/h7,15H,3-6H2,1-2H3,(H2,11,12,13,14). The van der Waals surface area contributed by atoms with Crippen molar-refractivity contribution in [3.8, 4) is 0 Å². The fraction of sp³-hybridized carbons (Fsp3) is 0.600. The lowest BCUT2D eigenvalue weighted by Crippen LogP contribution is -2.13. The maximum absolute atomic E-state index is 8.51. The molecule has 0 saturated carbocycles. The summed E-state index contributed by atoms with van der Waals surface area (Å²) in [4.78, 5) is 8.42. The molecule has 0 unspecified atom stereocenters. The van der Waals surface area contributed by atoms with Crippen molar-refractivity contribution in [1.29, 1.82) is 0 Å². The molecule has 90 valence electrons. The zero-order chi connectivity index (χ0) is 11.8. The summed E-state index contributed by atoms with van der Waals surface area (Å²) in [6.45, 7) is 3.52. The number of ether oxygens (including phenoxy) is 1. The van der Waals surface area contributed by atoms with Crippen LogP contribution in [0.15, 0.2) is 6.07 Å². The monoisotopic (exact) mass is 226 g/mol. The number of aliphatic hydroxyl groups excluding tert-OH is 1. The molecule has 0 radical (unpaired) electrons. The summed E-state index contributed by atoms with van der Waals surface area (Å²) >= 11 is 0. The van der Waals surface area contributed by atoms with Gasteiger partial charge in [0.2, 0.25) is 5.95 Å². The lowest BCUT2D eigenvalue weighted by atomic mass is 10.4. The smallest absolute Gasteiger partial charge is 0.224 e.